The van der Waals surface area contributed by atoms with Gasteiger partial charge in [0, 0.05) is 24.7 Å². The zero-order chi connectivity index (χ0) is 24.8. The summed E-state index contributed by atoms with van der Waals surface area (Å²) in [6, 6.07) is 12.6. The summed E-state index contributed by atoms with van der Waals surface area (Å²) >= 11 is 0. The van der Waals surface area contributed by atoms with Crippen molar-refractivity contribution in [3.63, 3.8) is 0 Å². The number of carbonyl (C=O) groups is 1. The lowest BCUT2D eigenvalue weighted by atomic mass is 10.0. The molecule has 178 valence electrons. The van der Waals surface area contributed by atoms with Gasteiger partial charge >= 0.3 is 0 Å². The van der Waals surface area contributed by atoms with Crippen molar-refractivity contribution in [1.82, 2.24) is 0 Å². The number of hydrogen-bond acceptors (Lipinski definition) is 8. The van der Waals surface area contributed by atoms with Gasteiger partial charge in [-0.25, -0.2) is 0 Å². The fourth-order valence-electron chi connectivity index (χ4n) is 3.28. The summed E-state index contributed by atoms with van der Waals surface area (Å²) in [5, 5.41) is 15.2. The van der Waals surface area contributed by atoms with Crippen molar-refractivity contribution in [3.8, 4) is 22.8 Å². The Morgan fingerprint density at radius 3 is 2.18 bits per heavy atom. The highest BCUT2D eigenvalue weighted by atomic mass is 19.1. The van der Waals surface area contributed by atoms with Gasteiger partial charge in [0.1, 0.15) is 11.9 Å². The monoisotopic (exact) mass is 468 g/mol. The normalized spacial score (nSPS) is 11.6. The summed E-state index contributed by atoms with van der Waals surface area (Å²) in [7, 11) is 2.69. The molecule has 0 spiro atoms. The lowest BCUT2D eigenvalue weighted by Crippen LogP contribution is -2.16. The number of carbonyl (C=O) groups excluding carboxylic acids is 1. The molecule has 0 aliphatic rings. The van der Waals surface area contributed by atoms with Crippen molar-refractivity contribution in [2.45, 2.75) is 20.0 Å². The van der Waals surface area contributed by atoms with Crippen molar-refractivity contribution in [2.24, 2.45) is 0 Å². The molecule has 3 aromatic rings. The predicted octanol–water partition coefficient (Wildman–Crippen LogP) is 5.40. The van der Waals surface area contributed by atoms with E-state index >= 15 is 0 Å². The average Bonchev–Trinajstić information content (AvgIpc) is 3.32. The molecular formula is C25H25FN2O6. The van der Waals surface area contributed by atoms with Crippen molar-refractivity contribution >= 4 is 17.6 Å². The number of nitrogens with one attached hydrogen (secondary N) is 2. The molecule has 0 aliphatic carbocycles. The molecule has 9 heteroatoms. The molecule has 0 aliphatic heterocycles. The van der Waals surface area contributed by atoms with Crippen LogP contribution in [0.4, 0.5) is 4.39 Å². The van der Waals surface area contributed by atoms with Crippen LogP contribution in [0.15, 0.2) is 52.9 Å². The van der Waals surface area contributed by atoms with E-state index < -0.39 is 17.7 Å². The Morgan fingerprint density at radius 2 is 1.65 bits per heavy atom. The first-order valence-corrected chi connectivity index (χ1v) is 10.4. The first kappa shape index (κ1) is 24.7. The second-order valence-corrected chi connectivity index (χ2v) is 7.17. The number of halogens is 1. The molecule has 1 atom stereocenters. The highest BCUT2D eigenvalue weighted by molar-refractivity contribution is 6.00. The standard InChI is InChI=1S/C25H25FN2O6/c1-5-32-24(15-6-8-16(9-7-15)25(28)33-14(2)27)23(29)19-11-10-18(34-19)17-12-20(30-3)22(26)21(13-17)31-4/h6-13,24,27-28H,5H2,1-4H3. The Bertz CT molecular complexity index is 1180. The second-order valence-electron chi connectivity index (χ2n) is 7.17. The molecular weight excluding hydrogens is 443 g/mol. The van der Waals surface area contributed by atoms with E-state index in [1.165, 1.54) is 39.3 Å². The summed E-state index contributed by atoms with van der Waals surface area (Å²) in [6.07, 6.45) is -0.935. The zero-order valence-electron chi connectivity index (χ0n) is 19.2. The van der Waals surface area contributed by atoms with E-state index in [0.717, 1.165) is 0 Å². The molecule has 1 heterocycles. The summed E-state index contributed by atoms with van der Waals surface area (Å²) in [6.45, 7) is 3.49. The Hall–Kier alpha value is -3.98. The Kier molecular flexibility index (Phi) is 7.80. The molecule has 0 saturated carbocycles. The lowest BCUT2D eigenvalue weighted by Gasteiger charge is -2.16. The molecule has 0 radical (unpaired) electrons. The number of ether oxygens (including phenoxy) is 4. The van der Waals surface area contributed by atoms with E-state index in [4.69, 9.17) is 34.2 Å². The maximum Gasteiger partial charge on any atom is 0.231 e. The van der Waals surface area contributed by atoms with E-state index in [1.807, 2.05) is 0 Å². The van der Waals surface area contributed by atoms with Gasteiger partial charge in [-0.3, -0.25) is 15.6 Å². The predicted molar refractivity (Wildman–Crippen MR) is 124 cm³/mol. The number of methoxy groups -OCH3 is 2. The topological polar surface area (TPSA) is 115 Å². The number of furan rings is 1. The number of hydrogen-bond donors (Lipinski definition) is 2. The summed E-state index contributed by atoms with van der Waals surface area (Å²) in [4.78, 5) is 13.2. The fourth-order valence-corrected chi connectivity index (χ4v) is 3.28. The molecule has 2 aromatic carbocycles. The van der Waals surface area contributed by atoms with Crippen LogP contribution in [-0.4, -0.2) is 38.4 Å². The van der Waals surface area contributed by atoms with Crippen LogP contribution in [0.2, 0.25) is 0 Å². The summed E-state index contributed by atoms with van der Waals surface area (Å²) in [5.74, 6) is -0.930. The third-order valence-electron chi connectivity index (χ3n) is 4.88. The number of Topliss-reactive ketones (excluding diaryl/α,β-unsaturated/α-hetero) is 1. The van der Waals surface area contributed by atoms with Crippen molar-refractivity contribution < 1.29 is 32.5 Å². The molecule has 34 heavy (non-hydrogen) atoms. The molecule has 1 unspecified atom stereocenters. The second kappa shape index (κ2) is 10.8. The quantitative estimate of drug-likeness (QED) is 0.247. The Morgan fingerprint density at radius 1 is 1.03 bits per heavy atom. The minimum absolute atomic E-state index is 0.0151. The largest absolute Gasteiger partial charge is 0.494 e. The first-order chi connectivity index (χ1) is 16.3. The third-order valence-corrected chi connectivity index (χ3v) is 4.88. The van der Waals surface area contributed by atoms with Gasteiger partial charge in [0.25, 0.3) is 0 Å². The van der Waals surface area contributed by atoms with Crippen molar-refractivity contribution in [3.05, 3.63) is 71.2 Å². The van der Waals surface area contributed by atoms with Gasteiger partial charge in [-0.15, -0.1) is 0 Å². The molecule has 0 bridgehead atoms. The number of ketones is 1. The zero-order valence-corrected chi connectivity index (χ0v) is 19.2. The minimum Gasteiger partial charge on any atom is -0.494 e. The van der Waals surface area contributed by atoms with Crippen LogP contribution < -0.4 is 9.47 Å². The van der Waals surface area contributed by atoms with Gasteiger partial charge in [-0.1, -0.05) is 12.1 Å². The minimum atomic E-state index is -0.935. The van der Waals surface area contributed by atoms with E-state index in [0.29, 0.717) is 22.5 Å². The van der Waals surface area contributed by atoms with Gasteiger partial charge in [0.05, 0.1) is 14.2 Å². The highest BCUT2D eigenvalue weighted by Gasteiger charge is 2.26. The van der Waals surface area contributed by atoms with E-state index in [9.17, 15) is 9.18 Å². The SMILES string of the molecule is CCOC(C(=O)c1ccc(-c2cc(OC)c(F)c(OC)c2)o1)c1ccc(C(=N)OC(C)=N)cc1. The van der Waals surface area contributed by atoms with Gasteiger partial charge in [0.2, 0.25) is 17.5 Å². The molecule has 0 fully saturated rings. The maximum atomic E-state index is 14.2. The molecule has 8 nitrogen and oxygen atoms in total. The van der Waals surface area contributed by atoms with E-state index in [-0.39, 0.29) is 35.7 Å². The van der Waals surface area contributed by atoms with E-state index in [2.05, 4.69) is 0 Å². The van der Waals surface area contributed by atoms with Crippen molar-refractivity contribution in [1.29, 1.82) is 10.8 Å². The lowest BCUT2D eigenvalue weighted by molar-refractivity contribution is 0.0428. The smallest absolute Gasteiger partial charge is 0.231 e. The van der Waals surface area contributed by atoms with Crippen LogP contribution in [0.1, 0.15) is 41.6 Å². The van der Waals surface area contributed by atoms with Crippen LogP contribution in [0.3, 0.4) is 0 Å². The molecule has 3 rings (SSSR count). The molecule has 0 saturated heterocycles. The van der Waals surface area contributed by atoms with Gasteiger partial charge in [-0.2, -0.15) is 4.39 Å². The van der Waals surface area contributed by atoms with Crippen LogP contribution >= 0.6 is 0 Å². The number of rotatable bonds is 9. The Labute approximate surface area is 196 Å². The first-order valence-electron chi connectivity index (χ1n) is 10.4. The maximum absolute atomic E-state index is 14.2. The molecule has 1 aromatic heterocycles. The number of benzene rings is 2. The summed E-state index contributed by atoms with van der Waals surface area (Å²) < 4.78 is 40.8. The molecule has 2 N–H and O–H groups in total. The average molecular weight is 468 g/mol. The highest BCUT2D eigenvalue weighted by Crippen LogP contribution is 2.35. The van der Waals surface area contributed by atoms with Crippen LogP contribution in [0.25, 0.3) is 11.3 Å². The molecule has 0 amide bonds. The van der Waals surface area contributed by atoms with Gasteiger partial charge in [-0.05, 0) is 48.9 Å². The van der Waals surface area contributed by atoms with Crippen LogP contribution in [0.5, 0.6) is 11.5 Å². The summed E-state index contributed by atoms with van der Waals surface area (Å²) in [5.41, 5.74) is 1.50. The van der Waals surface area contributed by atoms with Crippen molar-refractivity contribution in [2.75, 3.05) is 20.8 Å². The van der Waals surface area contributed by atoms with Gasteiger partial charge in [0.15, 0.2) is 23.2 Å². The fraction of sp³-hybridized carbons (Fsp3) is 0.240. The van der Waals surface area contributed by atoms with Crippen LogP contribution in [-0.2, 0) is 9.47 Å². The third kappa shape index (κ3) is 5.32. The Balaban J connectivity index is 1.88. The van der Waals surface area contributed by atoms with Gasteiger partial charge < -0.3 is 23.4 Å². The van der Waals surface area contributed by atoms with E-state index in [1.54, 1.807) is 37.3 Å². The van der Waals surface area contributed by atoms with Crippen LogP contribution in [0, 0.1) is 16.6 Å².